The van der Waals surface area contributed by atoms with Gasteiger partial charge in [-0.3, -0.25) is 30.6 Å². The number of amides is 3. The Labute approximate surface area is 174 Å². The molecule has 2 aromatic rings. The van der Waals surface area contributed by atoms with Gasteiger partial charge in [0.1, 0.15) is 0 Å². The van der Waals surface area contributed by atoms with E-state index in [1.54, 1.807) is 11.0 Å². The molecule has 2 heterocycles. The first-order valence-corrected chi connectivity index (χ1v) is 9.60. The predicted molar refractivity (Wildman–Crippen MR) is 108 cm³/mol. The van der Waals surface area contributed by atoms with Crippen molar-refractivity contribution in [2.45, 2.75) is 13.0 Å². The van der Waals surface area contributed by atoms with E-state index in [-0.39, 0.29) is 29.1 Å². The van der Waals surface area contributed by atoms with Crippen LogP contribution < -0.4 is 16.2 Å². The van der Waals surface area contributed by atoms with Crippen LogP contribution in [-0.4, -0.2) is 34.3 Å². The molecule has 1 aromatic carbocycles. The third kappa shape index (κ3) is 5.17. The lowest BCUT2D eigenvalue weighted by Crippen LogP contribution is -2.50. The molecule has 3 N–H and O–H groups in total. The number of hydrazine groups is 1. The first-order valence-electron chi connectivity index (χ1n) is 8.40. The van der Waals surface area contributed by atoms with Crippen LogP contribution in [0.1, 0.15) is 22.5 Å². The van der Waals surface area contributed by atoms with Gasteiger partial charge in [-0.05, 0) is 45.8 Å². The molecule has 0 saturated carbocycles. The number of likely N-dealkylation sites (tertiary alicyclic amines) is 1. The molecule has 8 nitrogen and oxygen atoms in total. The smallest absolute Gasteiger partial charge is 0.293 e. The topological polar surface area (TPSA) is 104 Å². The maximum Gasteiger partial charge on any atom is 0.293 e. The molecule has 3 amide bonds. The van der Waals surface area contributed by atoms with Crippen molar-refractivity contribution in [2.24, 2.45) is 5.92 Å². The van der Waals surface area contributed by atoms with Crippen LogP contribution in [-0.2, 0) is 16.1 Å². The maximum atomic E-state index is 12.3. The lowest BCUT2D eigenvalue weighted by molar-refractivity contribution is -0.129. The van der Waals surface area contributed by atoms with E-state index in [1.165, 1.54) is 6.07 Å². The molecule has 1 aliphatic heterocycles. The Hall–Kier alpha value is -2.72. The first kappa shape index (κ1) is 20.0. The number of halogens is 1. The van der Waals surface area contributed by atoms with E-state index in [4.69, 9.17) is 16.6 Å². The van der Waals surface area contributed by atoms with Crippen LogP contribution in [0.15, 0.2) is 51.6 Å². The van der Waals surface area contributed by atoms with Crippen molar-refractivity contribution in [3.05, 3.63) is 58.5 Å². The van der Waals surface area contributed by atoms with Crippen molar-refractivity contribution in [1.29, 1.82) is 0 Å². The van der Waals surface area contributed by atoms with Gasteiger partial charge in [0.25, 0.3) is 5.91 Å². The number of hydrogen-bond acceptors (Lipinski definition) is 5. The SMILES string of the molecule is O=C(NC(=S)NNC(=O)C1CC(=O)N(Cc2ccccc2)C1)c1ccc(Br)o1. The van der Waals surface area contributed by atoms with Crippen molar-refractivity contribution >= 4 is 51.0 Å². The van der Waals surface area contributed by atoms with Gasteiger partial charge in [-0.1, -0.05) is 30.3 Å². The number of thiocarbonyl (C=S) groups is 1. The molecule has 10 heteroatoms. The van der Waals surface area contributed by atoms with E-state index < -0.39 is 11.8 Å². The van der Waals surface area contributed by atoms with Gasteiger partial charge in [-0.2, -0.15) is 0 Å². The molecule has 1 aliphatic rings. The highest BCUT2D eigenvalue weighted by molar-refractivity contribution is 9.10. The van der Waals surface area contributed by atoms with Crippen molar-refractivity contribution in [3.63, 3.8) is 0 Å². The number of carbonyl (C=O) groups is 3. The van der Waals surface area contributed by atoms with E-state index in [1.807, 2.05) is 30.3 Å². The average Bonchev–Trinajstić information content (AvgIpc) is 3.27. The summed E-state index contributed by atoms with van der Waals surface area (Å²) in [6, 6.07) is 12.6. The molecule has 3 rings (SSSR count). The Bertz CT molecular complexity index is 902. The number of furan rings is 1. The third-order valence-corrected chi connectivity index (χ3v) is 4.76. The summed E-state index contributed by atoms with van der Waals surface area (Å²) in [5, 5.41) is 2.29. The minimum absolute atomic E-state index is 0.0697. The van der Waals surface area contributed by atoms with Crippen LogP contribution in [0.4, 0.5) is 0 Å². The Kier molecular flexibility index (Phi) is 6.42. The van der Waals surface area contributed by atoms with Crippen molar-refractivity contribution < 1.29 is 18.8 Å². The summed E-state index contributed by atoms with van der Waals surface area (Å²) in [4.78, 5) is 38.0. The van der Waals surface area contributed by atoms with E-state index in [9.17, 15) is 14.4 Å². The second kappa shape index (κ2) is 8.98. The Morgan fingerprint density at radius 3 is 2.61 bits per heavy atom. The molecule has 28 heavy (non-hydrogen) atoms. The second-order valence-electron chi connectivity index (χ2n) is 6.16. The van der Waals surface area contributed by atoms with Crippen LogP contribution in [0.2, 0.25) is 0 Å². The monoisotopic (exact) mass is 464 g/mol. The number of nitrogens with zero attached hydrogens (tertiary/aromatic N) is 1. The van der Waals surface area contributed by atoms with Crippen molar-refractivity contribution in [3.8, 4) is 0 Å². The van der Waals surface area contributed by atoms with E-state index in [2.05, 4.69) is 32.1 Å². The summed E-state index contributed by atoms with van der Waals surface area (Å²) in [5.41, 5.74) is 5.89. The molecular weight excluding hydrogens is 448 g/mol. The summed E-state index contributed by atoms with van der Waals surface area (Å²) >= 11 is 8.08. The molecular formula is C18H17BrN4O4S. The van der Waals surface area contributed by atoms with Gasteiger partial charge in [0.2, 0.25) is 11.8 Å². The maximum absolute atomic E-state index is 12.3. The molecule has 0 spiro atoms. The number of nitrogens with one attached hydrogen (secondary N) is 3. The molecule has 0 aliphatic carbocycles. The van der Waals surface area contributed by atoms with Crippen LogP contribution in [0.25, 0.3) is 0 Å². The summed E-state index contributed by atoms with van der Waals surface area (Å²) in [5.74, 6) is -1.43. The van der Waals surface area contributed by atoms with Gasteiger partial charge in [0.15, 0.2) is 15.5 Å². The Morgan fingerprint density at radius 1 is 1.18 bits per heavy atom. The molecule has 1 saturated heterocycles. The quantitative estimate of drug-likeness (QED) is 0.470. The second-order valence-corrected chi connectivity index (χ2v) is 7.35. The van der Waals surface area contributed by atoms with Crippen LogP contribution >= 0.6 is 28.1 Å². The fourth-order valence-corrected chi connectivity index (χ4v) is 3.21. The van der Waals surface area contributed by atoms with Gasteiger partial charge >= 0.3 is 0 Å². The highest BCUT2D eigenvalue weighted by Crippen LogP contribution is 2.20. The van der Waals surface area contributed by atoms with Gasteiger partial charge in [0, 0.05) is 19.5 Å². The van der Waals surface area contributed by atoms with E-state index in [0.29, 0.717) is 17.8 Å². The molecule has 1 aromatic heterocycles. The number of hydrogen-bond donors (Lipinski definition) is 3. The van der Waals surface area contributed by atoms with E-state index in [0.717, 1.165) is 5.56 Å². The zero-order valence-corrected chi connectivity index (χ0v) is 17.0. The largest absolute Gasteiger partial charge is 0.444 e. The number of benzene rings is 1. The fraction of sp³-hybridized carbons (Fsp3) is 0.222. The van der Waals surface area contributed by atoms with Crippen LogP contribution in [0.3, 0.4) is 0 Å². The highest BCUT2D eigenvalue weighted by atomic mass is 79.9. The summed E-state index contributed by atoms with van der Waals surface area (Å²) in [6.45, 7) is 0.783. The highest BCUT2D eigenvalue weighted by Gasteiger charge is 2.34. The van der Waals surface area contributed by atoms with Crippen LogP contribution in [0, 0.1) is 5.92 Å². The predicted octanol–water partition coefficient (Wildman–Crippen LogP) is 1.73. The number of rotatable bonds is 4. The summed E-state index contributed by atoms with van der Waals surface area (Å²) < 4.78 is 5.53. The van der Waals surface area contributed by atoms with Crippen LogP contribution in [0.5, 0.6) is 0 Å². The van der Waals surface area contributed by atoms with Gasteiger partial charge < -0.3 is 9.32 Å². The first-order chi connectivity index (χ1) is 13.4. The minimum Gasteiger partial charge on any atom is -0.444 e. The van der Waals surface area contributed by atoms with Gasteiger partial charge in [-0.15, -0.1) is 0 Å². The molecule has 1 fully saturated rings. The number of carbonyl (C=O) groups excluding carboxylic acids is 3. The zero-order chi connectivity index (χ0) is 20.1. The molecule has 1 unspecified atom stereocenters. The van der Waals surface area contributed by atoms with Gasteiger partial charge in [0.05, 0.1) is 5.92 Å². The average molecular weight is 465 g/mol. The molecule has 0 radical (unpaired) electrons. The normalized spacial score (nSPS) is 16.0. The lowest BCUT2D eigenvalue weighted by Gasteiger charge is -2.17. The fourth-order valence-electron chi connectivity index (χ4n) is 2.76. The van der Waals surface area contributed by atoms with E-state index >= 15 is 0 Å². The molecule has 0 bridgehead atoms. The third-order valence-electron chi connectivity index (χ3n) is 4.12. The molecule has 146 valence electrons. The Morgan fingerprint density at radius 2 is 1.93 bits per heavy atom. The summed E-state index contributed by atoms with van der Waals surface area (Å²) in [6.07, 6.45) is 0.125. The van der Waals surface area contributed by atoms with Gasteiger partial charge in [-0.25, -0.2) is 0 Å². The lowest BCUT2D eigenvalue weighted by atomic mass is 10.1. The van der Waals surface area contributed by atoms with Crippen molar-refractivity contribution in [1.82, 2.24) is 21.1 Å². The van der Waals surface area contributed by atoms with Crippen molar-refractivity contribution in [2.75, 3.05) is 6.54 Å². The molecule has 1 atom stereocenters. The minimum atomic E-state index is -0.553. The summed E-state index contributed by atoms with van der Waals surface area (Å²) in [7, 11) is 0. The zero-order valence-electron chi connectivity index (χ0n) is 14.6. The Balaban J connectivity index is 1.45. The standard InChI is InChI=1S/C18H17BrN4O4S/c19-14-7-6-13(27-14)17(26)20-18(28)22-21-16(25)12-8-15(24)23(10-12)9-11-4-2-1-3-5-11/h1-7,12H,8-10H2,(H,21,25)(H2,20,22,26,28).